The summed E-state index contributed by atoms with van der Waals surface area (Å²) in [6, 6.07) is 0.597. The fraction of sp³-hybridized carbons (Fsp3) is 0.667. The second-order valence-electron chi connectivity index (χ2n) is 4.99. The molecule has 0 atom stereocenters. The molecular weight excluding hydrogens is 200 g/mol. The van der Waals surface area contributed by atoms with Gasteiger partial charge >= 0.3 is 0 Å². The van der Waals surface area contributed by atoms with Gasteiger partial charge < -0.3 is 11.1 Å². The van der Waals surface area contributed by atoms with Gasteiger partial charge in [0.05, 0.1) is 0 Å². The van der Waals surface area contributed by atoms with Crippen LogP contribution in [-0.2, 0) is 0 Å². The van der Waals surface area contributed by atoms with Crippen LogP contribution in [0.2, 0.25) is 0 Å². The van der Waals surface area contributed by atoms with E-state index < -0.39 is 0 Å². The van der Waals surface area contributed by atoms with Gasteiger partial charge in [0, 0.05) is 17.5 Å². The highest BCUT2D eigenvalue weighted by Gasteiger charge is 2.28. The molecule has 0 bridgehead atoms. The van der Waals surface area contributed by atoms with E-state index in [0.29, 0.717) is 17.8 Å². The molecule has 4 nitrogen and oxygen atoms in total. The van der Waals surface area contributed by atoms with E-state index in [1.54, 1.807) is 0 Å². The van der Waals surface area contributed by atoms with Crippen LogP contribution in [0.5, 0.6) is 0 Å². The monoisotopic (exact) mass is 218 g/mol. The van der Waals surface area contributed by atoms with E-state index in [1.807, 2.05) is 6.92 Å². The van der Waals surface area contributed by atoms with Crippen LogP contribution in [0.1, 0.15) is 49.4 Å². The highest BCUT2D eigenvalue weighted by molar-refractivity contribution is 5.55. The smallest absolute Gasteiger partial charge is 0.136 e. The van der Waals surface area contributed by atoms with Crippen molar-refractivity contribution in [2.45, 2.75) is 51.0 Å². The first-order valence-corrected chi connectivity index (χ1v) is 6.14. The summed E-state index contributed by atoms with van der Waals surface area (Å²) in [5.41, 5.74) is 6.93. The first-order chi connectivity index (χ1) is 7.74. The van der Waals surface area contributed by atoms with Crippen molar-refractivity contribution >= 4 is 11.6 Å². The molecule has 0 aromatic carbocycles. The average molecular weight is 218 g/mol. The van der Waals surface area contributed by atoms with Gasteiger partial charge in [-0.1, -0.05) is 0 Å². The van der Waals surface area contributed by atoms with E-state index in [1.165, 1.54) is 32.1 Å². The number of aromatic nitrogens is 2. The SMILES string of the molecule is Cc1c(N)nc(C2CC2)nc1NC1CCC1. The minimum atomic E-state index is 0.560. The number of nitrogens with zero attached hydrogens (tertiary/aromatic N) is 2. The third kappa shape index (κ3) is 1.72. The Balaban J connectivity index is 1.87. The molecule has 2 saturated carbocycles. The first kappa shape index (κ1) is 9.87. The zero-order valence-corrected chi connectivity index (χ0v) is 9.66. The summed E-state index contributed by atoms with van der Waals surface area (Å²) in [5.74, 6) is 3.09. The average Bonchev–Trinajstić information content (AvgIpc) is 3.00. The van der Waals surface area contributed by atoms with E-state index in [0.717, 1.165) is 17.2 Å². The molecular formula is C12H18N4. The molecule has 2 fully saturated rings. The van der Waals surface area contributed by atoms with Crippen molar-refractivity contribution in [3.63, 3.8) is 0 Å². The van der Waals surface area contributed by atoms with E-state index in [2.05, 4.69) is 15.3 Å². The van der Waals surface area contributed by atoms with Crippen LogP contribution in [0.25, 0.3) is 0 Å². The predicted octanol–water partition coefficient (Wildman–Crippen LogP) is 2.21. The van der Waals surface area contributed by atoms with Crippen molar-refractivity contribution in [2.75, 3.05) is 11.1 Å². The van der Waals surface area contributed by atoms with Gasteiger partial charge in [0.15, 0.2) is 0 Å². The molecule has 4 heteroatoms. The molecule has 0 radical (unpaired) electrons. The fourth-order valence-corrected chi connectivity index (χ4v) is 1.96. The largest absolute Gasteiger partial charge is 0.383 e. The van der Waals surface area contributed by atoms with Crippen LogP contribution in [0, 0.1) is 6.92 Å². The maximum Gasteiger partial charge on any atom is 0.136 e. The second-order valence-corrected chi connectivity index (χ2v) is 4.99. The van der Waals surface area contributed by atoms with E-state index in [9.17, 15) is 0 Å². The minimum Gasteiger partial charge on any atom is -0.383 e. The molecule has 1 heterocycles. The number of hydrogen-bond donors (Lipinski definition) is 2. The van der Waals surface area contributed by atoms with Gasteiger partial charge in [-0.2, -0.15) is 0 Å². The Hall–Kier alpha value is -1.32. The fourth-order valence-electron chi connectivity index (χ4n) is 1.96. The number of nitrogens with two attached hydrogens (primary N) is 1. The molecule has 0 aliphatic heterocycles. The Morgan fingerprint density at radius 3 is 2.50 bits per heavy atom. The number of hydrogen-bond acceptors (Lipinski definition) is 4. The number of anilines is 2. The summed E-state index contributed by atoms with van der Waals surface area (Å²) in [7, 11) is 0. The Labute approximate surface area is 95.7 Å². The third-order valence-electron chi connectivity index (χ3n) is 3.59. The summed E-state index contributed by atoms with van der Waals surface area (Å²) in [5, 5.41) is 3.48. The lowest BCUT2D eigenvalue weighted by atomic mass is 9.93. The van der Waals surface area contributed by atoms with Gasteiger partial charge in [0.1, 0.15) is 17.5 Å². The van der Waals surface area contributed by atoms with Gasteiger partial charge in [0.25, 0.3) is 0 Å². The summed E-state index contributed by atoms with van der Waals surface area (Å²) < 4.78 is 0. The molecule has 0 spiro atoms. The summed E-state index contributed by atoms with van der Waals surface area (Å²) >= 11 is 0. The summed E-state index contributed by atoms with van der Waals surface area (Å²) in [6.07, 6.45) is 6.26. The van der Waals surface area contributed by atoms with Crippen molar-refractivity contribution in [2.24, 2.45) is 0 Å². The zero-order chi connectivity index (χ0) is 11.1. The maximum absolute atomic E-state index is 5.93. The van der Waals surface area contributed by atoms with Crippen LogP contribution in [0.4, 0.5) is 11.6 Å². The van der Waals surface area contributed by atoms with Crippen LogP contribution in [0.15, 0.2) is 0 Å². The predicted molar refractivity (Wildman–Crippen MR) is 64.4 cm³/mol. The molecule has 1 aromatic rings. The number of rotatable bonds is 3. The lowest BCUT2D eigenvalue weighted by molar-refractivity contribution is 0.444. The lowest BCUT2D eigenvalue weighted by Crippen LogP contribution is -2.28. The van der Waals surface area contributed by atoms with E-state index in [-0.39, 0.29) is 0 Å². The van der Waals surface area contributed by atoms with Gasteiger partial charge in [-0.15, -0.1) is 0 Å². The molecule has 16 heavy (non-hydrogen) atoms. The Morgan fingerprint density at radius 1 is 1.19 bits per heavy atom. The molecule has 3 rings (SSSR count). The Bertz CT molecular complexity index is 408. The van der Waals surface area contributed by atoms with Crippen molar-refractivity contribution in [3.8, 4) is 0 Å². The summed E-state index contributed by atoms with van der Waals surface area (Å²) in [6.45, 7) is 1.99. The van der Waals surface area contributed by atoms with Crippen LogP contribution < -0.4 is 11.1 Å². The van der Waals surface area contributed by atoms with Gasteiger partial charge in [-0.25, -0.2) is 9.97 Å². The zero-order valence-electron chi connectivity index (χ0n) is 9.66. The van der Waals surface area contributed by atoms with Crippen LogP contribution in [-0.4, -0.2) is 16.0 Å². The highest BCUT2D eigenvalue weighted by Crippen LogP contribution is 2.39. The van der Waals surface area contributed by atoms with E-state index >= 15 is 0 Å². The normalized spacial score (nSPS) is 20.6. The summed E-state index contributed by atoms with van der Waals surface area (Å²) in [4.78, 5) is 8.99. The first-order valence-electron chi connectivity index (χ1n) is 6.14. The van der Waals surface area contributed by atoms with Crippen molar-refractivity contribution < 1.29 is 0 Å². The molecule has 3 N–H and O–H groups in total. The lowest BCUT2D eigenvalue weighted by Gasteiger charge is -2.27. The minimum absolute atomic E-state index is 0.560. The van der Waals surface area contributed by atoms with Crippen molar-refractivity contribution in [1.82, 2.24) is 9.97 Å². The van der Waals surface area contributed by atoms with Crippen molar-refractivity contribution in [3.05, 3.63) is 11.4 Å². The molecule has 2 aliphatic carbocycles. The van der Waals surface area contributed by atoms with Crippen LogP contribution >= 0.6 is 0 Å². The standard InChI is InChI=1S/C12H18N4/c1-7-10(13)15-12(8-5-6-8)16-11(7)14-9-3-2-4-9/h8-9H,2-6H2,1H3,(H3,13,14,15,16). The molecule has 0 saturated heterocycles. The molecule has 0 amide bonds. The second kappa shape index (κ2) is 3.61. The van der Waals surface area contributed by atoms with Crippen molar-refractivity contribution in [1.29, 1.82) is 0 Å². The number of nitrogen functional groups attached to an aromatic ring is 1. The van der Waals surface area contributed by atoms with Gasteiger partial charge in [-0.05, 0) is 39.0 Å². The molecule has 2 aliphatic rings. The van der Waals surface area contributed by atoms with Crippen LogP contribution in [0.3, 0.4) is 0 Å². The maximum atomic E-state index is 5.93. The van der Waals surface area contributed by atoms with Gasteiger partial charge in [0.2, 0.25) is 0 Å². The number of nitrogens with one attached hydrogen (secondary N) is 1. The van der Waals surface area contributed by atoms with E-state index in [4.69, 9.17) is 5.73 Å². The molecule has 0 unspecified atom stereocenters. The third-order valence-corrected chi connectivity index (χ3v) is 3.59. The Morgan fingerprint density at radius 2 is 1.94 bits per heavy atom. The van der Waals surface area contributed by atoms with Gasteiger partial charge in [-0.3, -0.25) is 0 Å². The highest BCUT2D eigenvalue weighted by atomic mass is 15.1. The topological polar surface area (TPSA) is 63.8 Å². The molecule has 86 valence electrons. The quantitative estimate of drug-likeness (QED) is 0.816. The Kier molecular flexibility index (Phi) is 2.23. The molecule has 1 aromatic heterocycles.